The number of carbonyl (C=O) groups is 1. The summed E-state index contributed by atoms with van der Waals surface area (Å²) in [6.45, 7) is 1.99. The summed E-state index contributed by atoms with van der Waals surface area (Å²) < 4.78 is 10.5. The molecule has 138 valence electrons. The van der Waals surface area contributed by atoms with E-state index >= 15 is 0 Å². The average molecular weight is 361 g/mol. The third kappa shape index (κ3) is 4.29. The number of benzene rings is 3. The maximum atomic E-state index is 12.4. The van der Waals surface area contributed by atoms with Gasteiger partial charge in [-0.25, -0.2) is 0 Å². The molecule has 0 aliphatic heterocycles. The van der Waals surface area contributed by atoms with E-state index < -0.39 is 0 Å². The summed E-state index contributed by atoms with van der Waals surface area (Å²) >= 11 is 0. The van der Waals surface area contributed by atoms with E-state index in [0.29, 0.717) is 11.5 Å². The summed E-state index contributed by atoms with van der Waals surface area (Å²) in [7, 11) is 3.18. The summed E-state index contributed by atoms with van der Waals surface area (Å²) in [5.41, 5.74) is 1.96. The molecule has 0 spiro atoms. The fourth-order valence-electron chi connectivity index (χ4n) is 3.10. The average Bonchev–Trinajstić information content (AvgIpc) is 2.71. The van der Waals surface area contributed by atoms with Crippen LogP contribution in [0.15, 0.2) is 66.7 Å². The summed E-state index contributed by atoms with van der Waals surface area (Å²) in [5, 5.41) is 5.34. The Kier molecular flexibility index (Phi) is 5.77. The molecular weight excluding hydrogens is 338 g/mol. The van der Waals surface area contributed by atoms with Gasteiger partial charge >= 0.3 is 0 Å². The summed E-state index contributed by atoms with van der Waals surface area (Å²) in [6.07, 6.45) is 3.29. The Hall–Kier alpha value is -3.27. The highest BCUT2D eigenvalue weighted by Crippen LogP contribution is 2.28. The minimum absolute atomic E-state index is 0.0985. The fraction of sp³-hybridized carbons (Fsp3) is 0.174. The highest BCUT2D eigenvalue weighted by Gasteiger charge is 2.11. The van der Waals surface area contributed by atoms with Crippen LogP contribution in [0.2, 0.25) is 0 Å². The lowest BCUT2D eigenvalue weighted by Gasteiger charge is -2.15. The van der Waals surface area contributed by atoms with Gasteiger partial charge in [-0.1, -0.05) is 48.5 Å². The predicted molar refractivity (Wildman–Crippen MR) is 109 cm³/mol. The first kappa shape index (κ1) is 18.5. The van der Waals surface area contributed by atoms with E-state index in [0.717, 1.165) is 21.9 Å². The lowest BCUT2D eigenvalue weighted by atomic mass is 10.00. The summed E-state index contributed by atoms with van der Waals surface area (Å²) in [6, 6.07) is 19.7. The quantitative estimate of drug-likeness (QED) is 0.645. The smallest absolute Gasteiger partial charge is 0.244 e. The molecule has 4 heteroatoms. The highest BCUT2D eigenvalue weighted by atomic mass is 16.5. The van der Waals surface area contributed by atoms with Gasteiger partial charge in [0.15, 0.2) is 11.5 Å². The van der Waals surface area contributed by atoms with Crippen molar-refractivity contribution in [3.8, 4) is 11.5 Å². The van der Waals surface area contributed by atoms with E-state index in [4.69, 9.17) is 9.47 Å². The van der Waals surface area contributed by atoms with Crippen LogP contribution in [0.25, 0.3) is 16.8 Å². The number of rotatable bonds is 6. The van der Waals surface area contributed by atoms with Crippen molar-refractivity contribution in [1.29, 1.82) is 0 Å². The molecule has 27 heavy (non-hydrogen) atoms. The molecule has 0 bridgehead atoms. The minimum Gasteiger partial charge on any atom is -0.493 e. The van der Waals surface area contributed by atoms with Crippen molar-refractivity contribution >= 4 is 22.8 Å². The Balaban J connectivity index is 1.72. The first-order valence-electron chi connectivity index (χ1n) is 8.80. The van der Waals surface area contributed by atoms with Crippen LogP contribution in [0.3, 0.4) is 0 Å². The molecule has 0 aromatic heterocycles. The van der Waals surface area contributed by atoms with Crippen LogP contribution < -0.4 is 14.8 Å². The molecule has 1 N–H and O–H groups in total. The van der Waals surface area contributed by atoms with E-state index in [-0.39, 0.29) is 11.9 Å². The summed E-state index contributed by atoms with van der Waals surface area (Å²) in [5.74, 6) is 1.14. The highest BCUT2D eigenvalue weighted by molar-refractivity contribution is 5.93. The molecule has 0 aliphatic rings. The second-order valence-corrected chi connectivity index (χ2v) is 6.25. The van der Waals surface area contributed by atoms with Gasteiger partial charge in [0.05, 0.1) is 20.3 Å². The van der Waals surface area contributed by atoms with Gasteiger partial charge < -0.3 is 14.8 Å². The number of amides is 1. The van der Waals surface area contributed by atoms with Crippen molar-refractivity contribution in [3.05, 3.63) is 77.9 Å². The van der Waals surface area contributed by atoms with Gasteiger partial charge in [-0.3, -0.25) is 4.79 Å². The largest absolute Gasteiger partial charge is 0.493 e. The van der Waals surface area contributed by atoms with Gasteiger partial charge in [-0.05, 0) is 47.0 Å². The van der Waals surface area contributed by atoms with Crippen molar-refractivity contribution in [2.24, 2.45) is 0 Å². The van der Waals surface area contributed by atoms with Gasteiger partial charge in [0.2, 0.25) is 5.91 Å². The minimum atomic E-state index is -0.148. The van der Waals surface area contributed by atoms with E-state index in [2.05, 4.69) is 23.5 Å². The molecule has 1 unspecified atom stereocenters. The van der Waals surface area contributed by atoms with Gasteiger partial charge in [-0.15, -0.1) is 0 Å². The van der Waals surface area contributed by atoms with Gasteiger partial charge in [-0.2, -0.15) is 0 Å². The molecule has 1 amide bonds. The van der Waals surface area contributed by atoms with Gasteiger partial charge in [0, 0.05) is 6.08 Å². The number of nitrogens with one attached hydrogen (secondary N) is 1. The standard InChI is InChI=1S/C23H23NO3/c1-16(19-10-6-8-18-7-4-5-9-20(18)19)24-23(25)14-12-17-11-13-21(26-2)22(15-17)27-3/h4-16H,1-3H3,(H,24,25)/b14-12+. The van der Waals surface area contributed by atoms with Crippen molar-refractivity contribution in [3.63, 3.8) is 0 Å². The van der Waals surface area contributed by atoms with Crippen molar-refractivity contribution in [1.82, 2.24) is 5.32 Å². The topological polar surface area (TPSA) is 47.6 Å². The zero-order valence-corrected chi connectivity index (χ0v) is 15.7. The maximum Gasteiger partial charge on any atom is 0.244 e. The monoisotopic (exact) mass is 361 g/mol. The molecule has 3 rings (SSSR count). The molecule has 0 fully saturated rings. The Morgan fingerprint density at radius 3 is 2.48 bits per heavy atom. The van der Waals surface area contributed by atoms with E-state index in [1.54, 1.807) is 20.3 Å². The predicted octanol–water partition coefficient (Wildman–Crippen LogP) is 4.75. The number of carbonyl (C=O) groups excluding carboxylic acids is 1. The normalized spacial score (nSPS) is 12.1. The molecule has 4 nitrogen and oxygen atoms in total. The number of ether oxygens (including phenoxy) is 2. The third-order valence-corrected chi connectivity index (χ3v) is 4.48. The Morgan fingerprint density at radius 1 is 0.963 bits per heavy atom. The molecule has 3 aromatic carbocycles. The zero-order chi connectivity index (χ0) is 19.2. The zero-order valence-electron chi connectivity index (χ0n) is 15.7. The van der Waals surface area contributed by atoms with Crippen LogP contribution in [-0.4, -0.2) is 20.1 Å². The fourth-order valence-corrected chi connectivity index (χ4v) is 3.10. The number of fused-ring (bicyclic) bond motifs is 1. The second kappa shape index (κ2) is 8.41. The van der Waals surface area contributed by atoms with Crippen molar-refractivity contribution in [2.45, 2.75) is 13.0 Å². The van der Waals surface area contributed by atoms with E-state index in [9.17, 15) is 4.79 Å². The van der Waals surface area contributed by atoms with E-state index in [1.807, 2.05) is 49.4 Å². The lowest BCUT2D eigenvalue weighted by molar-refractivity contribution is -0.117. The molecule has 0 radical (unpaired) electrons. The van der Waals surface area contributed by atoms with Crippen LogP contribution in [0.1, 0.15) is 24.1 Å². The Morgan fingerprint density at radius 2 is 1.70 bits per heavy atom. The van der Waals surface area contributed by atoms with Crippen LogP contribution >= 0.6 is 0 Å². The van der Waals surface area contributed by atoms with Crippen LogP contribution in [0.5, 0.6) is 11.5 Å². The van der Waals surface area contributed by atoms with Crippen LogP contribution in [0.4, 0.5) is 0 Å². The number of methoxy groups -OCH3 is 2. The van der Waals surface area contributed by atoms with Crippen LogP contribution in [0, 0.1) is 0 Å². The first-order valence-corrected chi connectivity index (χ1v) is 8.80. The Bertz CT molecular complexity index is 973. The van der Waals surface area contributed by atoms with Crippen molar-refractivity contribution < 1.29 is 14.3 Å². The molecular formula is C23H23NO3. The second-order valence-electron chi connectivity index (χ2n) is 6.25. The molecule has 3 aromatic rings. The van der Waals surface area contributed by atoms with Gasteiger partial charge in [0.25, 0.3) is 0 Å². The maximum absolute atomic E-state index is 12.4. The third-order valence-electron chi connectivity index (χ3n) is 4.48. The Labute approximate surface area is 159 Å². The van der Waals surface area contributed by atoms with Crippen LogP contribution in [-0.2, 0) is 4.79 Å². The van der Waals surface area contributed by atoms with Gasteiger partial charge in [0.1, 0.15) is 0 Å². The summed E-state index contributed by atoms with van der Waals surface area (Å²) in [4.78, 5) is 12.4. The van der Waals surface area contributed by atoms with E-state index in [1.165, 1.54) is 6.08 Å². The SMILES string of the molecule is COc1ccc(/C=C/C(=O)NC(C)c2cccc3ccccc23)cc1OC. The number of hydrogen-bond acceptors (Lipinski definition) is 3. The molecule has 0 saturated carbocycles. The lowest BCUT2D eigenvalue weighted by Crippen LogP contribution is -2.24. The molecule has 1 atom stereocenters. The molecule has 0 saturated heterocycles. The first-order chi connectivity index (χ1) is 13.1. The van der Waals surface area contributed by atoms with Crippen molar-refractivity contribution in [2.75, 3.05) is 14.2 Å². The molecule has 0 heterocycles. The number of hydrogen-bond donors (Lipinski definition) is 1. The molecule has 0 aliphatic carbocycles.